The Hall–Kier alpha value is -4.07. The van der Waals surface area contributed by atoms with Crippen molar-refractivity contribution in [1.82, 2.24) is 14.5 Å². The minimum atomic E-state index is 0.104. The summed E-state index contributed by atoms with van der Waals surface area (Å²) in [5.41, 5.74) is 6.09. The normalized spacial score (nSPS) is 13.6. The average Bonchev–Trinajstić information content (AvgIpc) is 3.68. The third-order valence-corrected chi connectivity index (χ3v) is 9.79. The number of hydrogen-bond acceptors (Lipinski definition) is 5. The molecule has 1 fully saturated rings. The first-order chi connectivity index (χ1) is 22.0. The number of carbonyl (C=O) groups excluding carboxylic acids is 1. The van der Waals surface area contributed by atoms with Gasteiger partial charge in [-0.15, -0.1) is 11.3 Å². The molecule has 1 aliphatic heterocycles. The summed E-state index contributed by atoms with van der Waals surface area (Å²) in [6.45, 7) is 4.66. The zero-order chi connectivity index (χ0) is 31.2. The maximum absolute atomic E-state index is 14.0. The first-order valence-corrected chi connectivity index (χ1v) is 16.7. The highest BCUT2D eigenvalue weighted by Gasteiger charge is 2.27. The third-order valence-electron chi connectivity index (χ3n) is 8.65. The van der Waals surface area contributed by atoms with Crippen LogP contribution in [0.2, 0.25) is 5.02 Å². The molecule has 232 valence electrons. The maximum atomic E-state index is 14.0. The van der Waals surface area contributed by atoms with E-state index in [2.05, 4.69) is 54.0 Å². The number of halogens is 1. The van der Waals surface area contributed by atoms with Crippen LogP contribution in [0.15, 0.2) is 90.3 Å². The van der Waals surface area contributed by atoms with Gasteiger partial charge in [0.25, 0.3) is 5.91 Å². The van der Waals surface area contributed by atoms with Crippen LogP contribution in [0.5, 0.6) is 11.5 Å². The van der Waals surface area contributed by atoms with E-state index in [0.717, 1.165) is 78.7 Å². The van der Waals surface area contributed by atoms with Crippen LogP contribution in [-0.2, 0) is 26.0 Å². The van der Waals surface area contributed by atoms with Crippen molar-refractivity contribution in [2.75, 3.05) is 20.2 Å². The summed E-state index contributed by atoms with van der Waals surface area (Å²) in [6.07, 6.45) is 3.93. The minimum absolute atomic E-state index is 0.104. The molecule has 0 N–H and O–H groups in total. The number of methoxy groups -OCH3 is 1. The molecule has 0 radical (unpaired) electrons. The Balaban J connectivity index is 1.20. The first-order valence-electron chi connectivity index (χ1n) is 15.5. The summed E-state index contributed by atoms with van der Waals surface area (Å²) in [5, 5.41) is 3.47. The third kappa shape index (κ3) is 7.43. The Bertz CT molecular complexity index is 1720. The summed E-state index contributed by atoms with van der Waals surface area (Å²) >= 11 is 7.83. The lowest BCUT2D eigenvalue weighted by atomic mass is 9.90. The van der Waals surface area contributed by atoms with Gasteiger partial charge in [0, 0.05) is 30.7 Å². The number of aryl methyl sites for hydroxylation is 1. The topological polar surface area (TPSA) is 56.6 Å². The summed E-state index contributed by atoms with van der Waals surface area (Å²) in [5.74, 6) is 2.18. The lowest BCUT2D eigenvalue weighted by Gasteiger charge is -2.32. The van der Waals surface area contributed by atoms with Gasteiger partial charge in [0.1, 0.15) is 23.1 Å². The summed E-state index contributed by atoms with van der Waals surface area (Å²) in [7, 11) is 1.68. The van der Waals surface area contributed by atoms with Crippen molar-refractivity contribution in [3.63, 3.8) is 0 Å². The highest BCUT2D eigenvalue weighted by atomic mass is 35.5. The molecule has 6 nitrogen and oxygen atoms in total. The number of hydrogen-bond donors (Lipinski definition) is 0. The number of para-hydroxylation sites is 1. The van der Waals surface area contributed by atoms with E-state index in [1.807, 2.05) is 52.7 Å². The largest absolute Gasteiger partial charge is 0.497 e. The number of carbonyl (C=O) groups is 1. The van der Waals surface area contributed by atoms with Crippen molar-refractivity contribution in [1.29, 1.82) is 0 Å². The molecule has 0 atom stereocenters. The van der Waals surface area contributed by atoms with Crippen LogP contribution in [0.25, 0.3) is 11.4 Å². The predicted molar refractivity (Wildman–Crippen MR) is 182 cm³/mol. The van der Waals surface area contributed by atoms with Gasteiger partial charge < -0.3 is 18.9 Å². The van der Waals surface area contributed by atoms with E-state index in [1.54, 1.807) is 18.4 Å². The zero-order valence-corrected chi connectivity index (χ0v) is 27.3. The van der Waals surface area contributed by atoms with Crippen LogP contribution >= 0.6 is 22.9 Å². The second kappa shape index (κ2) is 14.4. The lowest BCUT2D eigenvalue weighted by molar-refractivity contribution is 0.0689. The van der Waals surface area contributed by atoms with Gasteiger partial charge in [-0.05, 0) is 80.0 Å². The van der Waals surface area contributed by atoms with Gasteiger partial charge in [-0.3, -0.25) is 4.79 Å². The Labute approximate surface area is 274 Å². The molecule has 8 heteroatoms. The van der Waals surface area contributed by atoms with E-state index in [4.69, 9.17) is 26.1 Å². The number of ether oxygens (including phenoxy) is 2. The first kappa shape index (κ1) is 30.9. The molecule has 0 aliphatic carbocycles. The zero-order valence-electron chi connectivity index (χ0n) is 25.7. The van der Waals surface area contributed by atoms with E-state index >= 15 is 0 Å². The van der Waals surface area contributed by atoms with Gasteiger partial charge in [0.05, 0.1) is 29.1 Å². The number of likely N-dealkylation sites (tertiary alicyclic amines) is 1. The Kier molecular flexibility index (Phi) is 9.87. The molecule has 0 saturated carbocycles. The van der Waals surface area contributed by atoms with Gasteiger partial charge in [0.15, 0.2) is 0 Å². The molecule has 0 bridgehead atoms. The van der Waals surface area contributed by atoms with E-state index in [1.165, 1.54) is 11.1 Å². The molecular weight excluding hydrogens is 602 g/mol. The molecule has 3 heterocycles. The fourth-order valence-corrected chi connectivity index (χ4v) is 6.94. The number of aromatic nitrogens is 2. The molecule has 6 rings (SSSR count). The van der Waals surface area contributed by atoms with Crippen LogP contribution in [0.1, 0.15) is 45.0 Å². The van der Waals surface area contributed by atoms with Crippen LogP contribution in [0.4, 0.5) is 0 Å². The molecule has 1 aliphatic rings. The number of rotatable bonds is 11. The molecule has 1 amide bonds. The van der Waals surface area contributed by atoms with Crippen LogP contribution < -0.4 is 9.47 Å². The Morgan fingerprint density at radius 2 is 1.71 bits per heavy atom. The van der Waals surface area contributed by atoms with Crippen molar-refractivity contribution >= 4 is 28.8 Å². The van der Waals surface area contributed by atoms with Crippen LogP contribution in [0.3, 0.4) is 0 Å². The molecule has 0 spiro atoms. The number of amides is 1. The number of nitrogens with zero attached hydrogens (tertiary/aromatic N) is 3. The molecule has 0 unspecified atom stereocenters. The van der Waals surface area contributed by atoms with Crippen molar-refractivity contribution in [2.45, 2.75) is 45.8 Å². The standard InChI is InChI=1S/C37H38ClN3O3S/c1-26-31(37(42)40-19-16-29(17-20-40)22-28-8-4-3-5-9-28)23-34(41(26)21-18-27-12-14-30(43-2)15-13-27)33-25-45-36(39-33)24-44-35-11-7-6-10-32(35)38/h3-15,23,25,29H,16-22,24H2,1-2H3. The van der Waals surface area contributed by atoms with E-state index in [9.17, 15) is 4.79 Å². The van der Waals surface area contributed by atoms with E-state index in [0.29, 0.717) is 23.3 Å². The molecule has 1 saturated heterocycles. The Morgan fingerprint density at radius 3 is 2.44 bits per heavy atom. The number of piperidine rings is 1. The average molecular weight is 640 g/mol. The molecule has 5 aromatic rings. The molecule has 3 aromatic carbocycles. The molecule has 2 aromatic heterocycles. The van der Waals surface area contributed by atoms with Gasteiger partial charge in [-0.25, -0.2) is 4.98 Å². The SMILES string of the molecule is COc1ccc(CCn2c(-c3csc(COc4ccccc4Cl)n3)cc(C(=O)N3CCC(Cc4ccccc4)CC3)c2C)cc1. The monoisotopic (exact) mass is 639 g/mol. The van der Waals surface area contributed by atoms with E-state index < -0.39 is 0 Å². The summed E-state index contributed by atoms with van der Waals surface area (Å²) < 4.78 is 13.5. The van der Waals surface area contributed by atoms with E-state index in [-0.39, 0.29) is 5.91 Å². The maximum Gasteiger partial charge on any atom is 0.255 e. The molecule has 45 heavy (non-hydrogen) atoms. The van der Waals surface area contributed by atoms with Gasteiger partial charge >= 0.3 is 0 Å². The van der Waals surface area contributed by atoms with Crippen molar-refractivity contribution < 1.29 is 14.3 Å². The van der Waals surface area contributed by atoms with Gasteiger partial charge in [0.2, 0.25) is 0 Å². The number of thiazole rings is 1. The van der Waals surface area contributed by atoms with Crippen LogP contribution in [0, 0.1) is 12.8 Å². The fraction of sp³-hybridized carbons (Fsp3) is 0.297. The summed E-state index contributed by atoms with van der Waals surface area (Å²) in [4.78, 5) is 20.9. The quantitative estimate of drug-likeness (QED) is 0.145. The van der Waals surface area contributed by atoms with Crippen LogP contribution in [-0.4, -0.2) is 40.6 Å². The lowest BCUT2D eigenvalue weighted by Crippen LogP contribution is -2.39. The minimum Gasteiger partial charge on any atom is -0.497 e. The van der Waals surface area contributed by atoms with Crippen molar-refractivity contribution in [3.8, 4) is 22.9 Å². The fourth-order valence-electron chi connectivity index (χ4n) is 6.05. The Morgan fingerprint density at radius 1 is 0.978 bits per heavy atom. The predicted octanol–water partition coefficient (Wildman–Crippen LogP) is 8.50. The highest BCUT2D eigenvalue weighted by Crippen LogP contribution is 2.31. The van der Waals surface area contributed by atoms with Gasteiger partial charge in [-0.1, -0.05) is 66.2 Å². The highest BCUT2D eigenvalue weighted by molar-refractivity contribution is 7.09. The number of benzene rings is 3. The second-order valence-corrected chi connectivity index (χ2v) is 12.9. The smallest absolute Gasteiger partial charge is 0.255 e. The van der Waals surface area contributed by atoms with Gasteiger partial charge in [-0.2, -0.15) is 0 Å². The molecular formula is C37H38ClN3O3S. The van der Waals surface area contributed by atoms with Crippen molar-refractivity contribution in [2.24, 2.45) is 5.92 Å². The summed E-state index contributed by atoms with van der Waals surface area (Å²) in [6, 6.07) is 28.3. The van der Waals surface area contributed by atoms with Crippen molar-refractivity contribution in [3.05, 3.63) is 123 Å². The second-order valence-electron chi connectivity index (χ2n) is 11.5.